The first-order valence-electron chi connectivity index (χ1n) is 9.20. The number of nitrogens with one attached hydrogen (secondary N) is 1. The second-order valence-electron chi connectivity index (χ2n) is 6.78. The van der Waals surface area contributed by atoms with E-state index in [0.717, 1.165) is 42.7 Å². The molecule has 8 nitrogen and oxygen atoms in total. The summed E-state index contributed by atoms with van der Waals surface area (Å²) >= 11 is 0. The Morgan fingerprint density at radius 3 is 2.68 bits per heavy atom. The predicted molar refractivity (Wildman–Crippen MR) is 104 cm³/mol. The van der Waals surface area contributed by atoms with Crippen LogP contribution in [0.15, 0.2) is 49.2 Å². The average molecular weight is 374 g/mol. The summed E-state index contributed by atoms with van der Waals surface area (Å²) in [6.07, 6.45) is 8.55. The topological polar surface area (TPSA) is 94.8 Å². The summed E-state index contributed by atoms with van der Waals surface area (Å²) in [5.41, 5.74) is 4.13. The number of imidazole rings is 1. The van der Waals surface area contributed by atoms with Crippen LogP contribution in [0.3, 0.4) is 0 Å². The number of nitrogens with zero attached hydrogens (tertiary/aromatic N) is 5. The largest absolute Gasteiger partial charge is 0.381 e. The van der Waals surface area contributed by atoms with Gasteiger partial charge in [-0.3, -0.25) is 14.8 Å². The van der Waals surface area contributed by atoms with Crippen LogP contribution in [0.5, 0.6) is 0 Å². The van der Waals surface area contributed by atoms with E-state index < -0.39 is 0 Å². The molecule has 3 aromatic heterocycles. The lowest BCUT2D eigenvalue weighted by Gasteiger charge is -2.23. The lowest BCUT2D eigenvalue weighted by atomic mass is 10.1. The molecular weight excluding hydrogens is 356 g/mol. The molecule has 1 amide bonds. The Kier molecular flexibility index (Phi) is 4.17. The minimum Gasteiger partial charge on any atom is -0.381 e. The molecule has 4 heterocycles. The third-order valence-electron chi connectivity index (χ3n) is 4.99. The number of hydrogen-bond donors (Lipinski definition) is 1. The molecule has 1 aromatic carbocycles. The molecule has 0 saturated carbocycles. The Morgan fingerprint density at radius 2 is 1.82 bits per heavy atom. The molecule has 28 heavy (non-hydrogen) atoms. The van der Waals surface area contributed by atoms with E-state index >= 15 is 0 Å². The minimum atomic E-state index is -0.238. The van der Waals surface area contributed by atoms with Gasteiger partial charge >= 0.3 is 0 Å². The Hall–Kier alpha value is -3.39. The number of pyridine rings is 1. The summed E-state index contributed by atoms with van der Waals surface area (Å²) in [5.74, 6) is -0.238. The summed E-state index contributed by atoms with van der Waals surface area (Å²) in [5, 5.41) is 2.89. The highest BCUT2D eigenvalue weighted by molar-refractivity contribution is 6.06. The summed E-state index contributed by atoms with van der Waals surface area (Å²) in [6.45, 7) is 1.50. The summed E-state index contributed by atoms with van der Waals surface area (Å²) in [4.78, 5) is 30.1. The van der Waals surface area contributed by atoms with E-state index in [0.29, 0.717) is 22.8 Å². The molecule has 0 bridgehead atoms. The maximum absolute atomic E-state index is 12.7. The van der Waals surface area contributed by atoms with Crippen molar-refractivity contribution >= 4 is 33.8 Å². The van der Waals surface area contributed by atoms with Gasteiger partial charge in [0.1, 0.15) is 5.52 Å². The first-order valence-corrected chi connectivity index (χ1v) is 9.20. The van der Waals surface area contributed by atoms with Crippen LogP contribution in [0, 0.1) is 0 Å². The standard InChI is InChI=1S/C20H18N6O2/c27-20(25-14-1-2-16-17(10-14)22-6-5-21-16)13-9-18-19(23-11-13)26(12-24-18)15-3-7-28-8-4-15/h1-2,5-6,9-12,15H,3-4,7-8H2,(H,25,27). The molecule has 0 spiro atoms. The first-order chi connectivity index (χ1) is 13.8. The van der Waals surface area contributed by atoms with Crippen molar-refractivity contribution in [3.63, 3.8) is 0 Å². The second-order valence-corrected chi connectivity index (χ2v) is 6.78. The van der Waals surface area contributed by atoms with Crippen LogP contribution >= 0.6 is 0 Å². The van der Waals surface area contributed by atoms with Crippen molar-refractivity contribution in [2.45, 2.75) is 18.9 Å². The lowest BCUT2D eigenvalue weighted by Crippen LogP contribution is -2.19. The molecule has 1 aliphatic rings. The fourth-order valence-corrected chi connectivity index (χ4v) is 3.52. The van der Waals surface area contributed by atoms with E-state index in [2.05, 4.69) is 29.8 Å². The van der Waals surface area contributed by atoms with Crippen LogP contribution in [0.25, 0.3) is 22.2 Å². The lowest BCUT2D eigenvalue weighted by molar-refractivity contribution is 0.0704. The van der Waals surface area contributed by atoms with Crippen LogP contribution in [0.1, 0.15) is 29.2 Å². The van der Waals surface area contributed by atoms with Crippen LogP contribution < -0.4 is 5.32 Å². The van der Waals surface area contributed by atoms with Crippen LogP contribution in [-0.2, 0) is 4.74 Å². The molecule has 8 heteroatoms. The molecule has 0 radical (unpaired) electrons. The smallest absolute Gasteiger partial charge is 0.257 e. The molecule has 1 aliphatic heterocycles. The average Bonchev–Trinajstić information content (AvgIpc) is 3.17. The van der Waals surface area contributed by atoms with Gasteiger partial charge in [0.2, 0.25) is 0 Å². The van der Waals surface area contributed by atoms with Gasteiger partial charge in [0.15, 0.2) is 5.65 Å². The molecular formula is C20H18N6O2. The Balaban J connectivity index is 1.39. The van der Waals surface area contributed by atoms with Gasteiger partial charge in [0.05, 0.1) is 22.9 Å². The van der Waals surface area contributed by atoms with Crippen molar-refractivity contribution in [2.75, 3.05) is 18.5 Å². The summed E-state index contributed by atoms with van der Waals surface area (Å²) in [7, 11) is 0. The van der Waals surface area contributed by atoms with Crippen molar-refractivity contribution in [3.05, 3.63) is 54.7 Å². The Morgan fingerprint density at radius 1 is 1.00 bits per heavy atom. The zero-order valence-electron chi connectivity index (χ0n) is 15.1. The Labute approximate surface area is 160 Å². The predicted octanol–water partition coefficient (Wildman–Crippen LogP) is 2.98. The number of hydrogen-bond acceptors (Lipinski definition) is 6. The number of rotatable bonds is 3. The maximum atomic E-state index is 12.7. The van der Waals surface area contributed by atoms with Crippen LogP contribution in [0.2, 0.25) is 0 Å². The number of carbonyl (C=O) groups is 1. The van der Waals surface area contributed by atoms with Crippen molar-refractivity contribution in [1.29, 1.82) is 0 Å². The summed E-state index contributed by atoms with van der Waals surface area (Å²) in [6, 6.07) is 7.54. The maximum Gasteiger partial charge on any atom is 0.257 e. The van der Waals surface area contributed by atoms with Gasteiger partial charge in [-0.2, -0.15) is 0 Å². The van der Waals surface area contributed by atoms with Gasteiger partial charge in [-0.15, -0.1) is 0 Å². The van der Waals surface area contributed by atoms with Crippen LogP contribution in [0.4, 0.5) is 5.69 Å². The molecule has 140 valence electrons. The number of amides is 1. The Bertz CT molecular complexity index is 1170. The number of anilines is 1. The molecule has 1 fully saturated rings. The van der Waals surface area contributed by atoms with Crippen molar-refractivity contribution in [2.24, 2.45) is 0 Å². The third kappa shape index (κ3) is 3.07. The number of benzene rings is 1. The van der Waals surface area contributed by atoms with E-state index in [1.54, 1.807) is 43.1 Å². The second kappa shape index (κ2) is 6.97. The minimum absolute atomic E-state index is 0.238. The van der Waals surface area contributed by atoms with E-state index in [1.165, 1.54) is 0 Å². The highest BCUT2D eigenvalue weighted by Gasteiger charge is 2.19. The van der Waals surface area contributed by atoms with Crippen molar-refractivity contribution in [1.82, 2.24) is 24.5 Å². The highest BCUT2D eigenvalue weighted by atomic mass is 16.5. The normalized spacial score (nSPS) is 15.1. The zero-order chi connectivity index (χ0) is 18.9. The highest BCUT2D eigenvalue weighted by Crippen LogP contribution is 2.25. The van der Waals surface area contributed by atoms with Crippen molar-refractivity contribution in [3.8, 4) is 0 Å². The van der Waals surface area contributed by atoms with Gasteiger partial charge in [-0.05, 0) is 37.1 Å². The fraction of sp³-hybridized carbons (Fsp3) is 0.250. The summed E-state index contributed by atoms with van der Waals surface area (Å²) < 4.78 is 7.51. The quantitative estimate of drug-likeness (QED) is 0.592. The molecule has 5 rings (SSSR count). The number of fused-ring (bicyclic) bond motifs is 2. The number of ether oxygens (including phenoxy) is 1. The van der Waals surface area contributed by atoms with E-state index in [-0.39, 0.29) is 5.91 Å². The van der Waals surface area contributed by atoms with Gasteiger partial charge in [0.25, 0.3) is 5.91 Å². The molecule has 0 aliphatic carbocycles. The van der Waals surface area contributed by atoms with Gasteiger partial charge in [0, 0.05) is 43.5 Å². The third-order valence-corrected chi connectivity index (χ3v) is 4.99. The molecule has 1 saturated heterocycles. The van der Waals surface area contributed by atoms with Gasteiger partial charge in [-0.25, -0.2) is 9.97 Å². The molecule has 1 N–H and O–H groups in total. The zero-order valence-corrected chi connectivity index (χ0v) is 15.1. The number of carbonyl (C=O) groups excluding carboxylic acids is 1. The molecule has 0 atom stereocenters. The van der Waals surface area contributed by atoms with Crippen molar-refractivity contribution < 1.29 is 9.53 Å². The van der Waals surface area contributed by atoms with E-state index in [1.807, 2.05) is 6.07 Å². The van der Waals surface area contributed by atoms with Gasteiger partial charge < -0.3 is 14.6 Å². The van der Waals surface area contributed by atoms with E-state index in [4.69, 9.17) is 4.74 Å². The molecule has 0 unspecified atom stereocenters. The van der Waals surface area contributed by atoms with E-state index in [9.17, 15) is 4.79 Å². The van der Waals surface area contributed by atoms with Crippen LogP contribution in [-0.4, -0.2) is 43.6 Å². The monoisotopic (exact) mass is 374 g/mol. The fourth-order valence-electron chi connectivity index (χ4n) is 3.52. The first kappa shape index (κ1) is 16.8. The number of aromatic nitrogens is 5. The molecule has 4 aromatic rings. The van der Waals surface area contributed by atoms with Gasteiger partial charge in [-0.1, -0.05) is 0 Å². The SMILES string of the molecule is O=C(Nc1ccc2nccnc2c1)c1cnc2c(c1)ncn2C1CCOCC1.